The minimum atomic E-state index is -1.23. The quantitative estimate of drug-likeness (QED) is 0.277. The van der Waals surface area contributed by atoms with Crippen LogP contribution in [-0.2, 0) is 4.79 Å². The van der Waals surface area contributed by atoms with Gasteiger partial charge >= 0.3 is 5.97 Å². The molecular weight excluding hydrogens is 441 g/mol. The molecule has 0 radical (unpaired) electrons. The van der Waals surface area contributed by atoms with Gasteiger partial charge in [0.1, 0.15) is 23.2 Å². The molecule has 3 nitrogen and oxygen atoms in total. The van der Waals surface area contributed by atoms with E-state index in [9.17, 15) is 18.7 Å². The van der Waals surface area contributed by atoms with Gasteiger partial charge in [-0.1, -0.05) is 31.2 Å². The van der Waals surface area contributed by atoms with Crippen LogP contribution in [0, 0.1) is 24.4 Å². The first kappa shape index (κ1) is 24.8. The Kier molecular flexibility index (Phi) is 7.95. The lowest BCUT2D eigenvalue weighted by molar-refractivity contribution is -0.130. The lowest BCUT2D eigenvalue weighted by atomic mass is 9.94. The van der Waals surface area contributed by atoms with Gasteiger partial charge in [-0.25, -0.2) is 18.0 Å². The van der Waals surface area contributed by atoms with Crippen molar-refractivity contribution in [2.45, 2.75) is 27.2 Å². The Labute approximate surface area is 196 Å². The molecule has 0 bridgehead atoms. The van der Waals surface area contributed by atoms with E-state index in [1.807, 2.05) is 6.92 Å². The van der Waals surface area contributed by atoms with Gasteiger partial charge in [0.15, 0.2) is 0 Å². The van der Waals surface area contributed by atoms with Gasteiger partial charge < -0.3 is 9.84 Å². The molecule has 0 saturated carbocycles. The number of benzene rings is 3. The van der Waals surface area contributed by atoms with Crippen molar-refractivity contribution < 1.29 is 27.8 Å². The molecule has 0 aliphatic carbocycles. The normalized spacial score (nSPS) is 12.1. The van der Waals surface area contributed by atoms with Crippen molar-refractivity contribution in [3.8, 4) is 16.9 Å². The smallest absolute Gasteiger partial charge is 0.336 e. The summed E-state index contributed by atoms with van der Waals surface area (Å²) in [6, 6.07) is 12.5. The highest BCUT2D eigenvalue weighted by atomic mass is 19.1. The van der Waals surface area contributed by atoms with Gasteiger partial charge in [-0.3, -0.25) is 0 Å². The second-order valence-corrected chi connectivity index (χ2v) is 7.66. The van der Waals surface area contributed by atoms with Crippen molar-refractivity contribution in [1.82, 2.24) is 0 Å². The van der Waals surface area contributed by atoms with Crippen LogP contribution in [0.5, 0.6) is 5.75 Å². The first-order valence-electron chi connectivity index (χ1n) is 10.9. The summed E-state index contributed by atoms with van der Waals surface area (Å²) < 4.78 is 48.8. The van der Waals surface area contributed by atoms with E-state index in [0.29, 0.717) is 35.5 Å². The Morgan fingerprint density at radius 1 is 0.941 bits per heavy atom. The SMILES string of the molecule is CC/C=C(/C=C(/C(=O)O)c1cc(F)ccc1C)c1ccc(-c2ccc(OCC)cc2F)c(F)c1. The van der Waals surface area contributed by atoms with Gasteiger partial charge in [0.05, 0.1) is 12.2 Å². The Bertz CT molecular complexity index is 1280. The molecule has 0 spiro atoms. The molecule has 6 heteroatoms. The highest BCUT2D eigenvalue weighted by molar-refractivity contribution is 6.18. The largest absolute Gasteiger partial charge is 0.494 e. The Hall–Kier alpha value is -3.80. The number of halogens is 3. The first-order chi connectivity index (χ1) is 16.2. The van der Waals surface area contributed by atoms with Gasteiger partial charge in [0, 0.05) is 17.2 Å². The summed E-state index contributed by atoms with van der Waals surface area (Å²) in [7, 11) is 0. The monoisotopic (exact) mass is 466 g/mol. The summed E-state index contributed by atoms with van der Waals surface area (Å²) in [5.74, 6) is -2.70. The topological polar surface area (TPSA) is 46.5 Å². The zero-order chi connectivity index (χ0) is 24.8. The third-order valence-corrected chi connectivity index (χ3v) is 5.29. The Balaban J connectivity index is 2.06. The minimum Gasteiger partial charge on any atom is -0.494 e. The van der Waals surface area contributed by atoms with E-state index in [1.54, 1.807) is 32.1 Å². The fourth-order valence-electron chi connectivity index (χ4n) is 3.66. The number of rotatable bonds is 8. The zero-order valence-corrected chi connectivity index (χ0v) is 19.2. The maximum atomic E-state index is 15.1. The van der Waals surface area contributed by atoms with Crippen LogP contribution < -0.4 is 4.74 Å². The maximum absolute atomic E-state index is 15.1. The number of hydrogen-bond acceptors (Lipinski definition) is 2. The molecule has 0 saturated heterocycles. The number of aliphatic carboxylic acids is 1. The van der Waals surface area contributed by atoms with Crippen LogP contribution >= 0.6 is 0 Å². The third kappa shape index (κ3) is 5.57. The van der Waals surface area contributed by atoms with Crippen LogP contribution in [0.25, 0.3) is 22.3 Å². The predicted molar refractivity (Wildman–Crippen MR) is 128 cm³/mol. The van der Waals surface area contributed by atoms with Crippen molar-refractivity contribution in [3.63, 3.8) is 0 Å². The summed E-state index contributed by atoms with van der Waals surface area (Å²) in [5.41, 5.74) is 1.76. The molecule has 0 unspecified atom stereocenters. The number of hydrogen-bond donors (Lipinski definition) is 1. The van der Waals surface area contributed by atoms with Crippen molar-refractivity contribution >= 4 is 17.1 Å². The lowest BCUT2D eigenvalue weighted by Crippen LogP contribution is -2.03. The van der Waals surface area contributed by atoms with Gasteiger partial charge in [0.2, 0.25) is 0 Å². The van der Waals surface area contributed by atoms with Crippen molar-refractivity contribution in [3.05, 3.63) is 101 Å². The highest BCUT2D eigenvalue weighted by Crippen LogP contribution is 2.32. The molecule has 0 fully saturated rings. The molecule has 3 aromatic carbocycles. The average Bonchev–Trinajstić information content (AvgIpc) is 2.79. The van der Waals surface area contributed by atoms with Gasteiger partial charge in [-0.2, -0.15) is 0 Å². The molecule has 0 amide bonds. The summed E-state index contributed by atoms with van der Waals surface area (Å²) in [5, 5.41) is 9.80. The van der Waals surface area contributed by atoms with E-state index < -0.39 is 23.4 Å². The van der Waals surface area contributed by atoms with Crippen molar-refractivity contribution in [2.75, 3.05) is 6.61 Å². The standard InChI is InChI=1S/C28H25F3O3/c1-4-6-18(13-25(28(32)33)24-15-20(29)9-7-17(24)3)19-8-11-22(26(30)14-19)23-12-10-21(34-5-2)16-27(23)31/h6-16H,4-5H2,1-3H3,(H,32,33)/b18-6-,25-13+. The average molecular weight is 466 g/mol. The molecule has 0 heterocycles. The van der Waals surface area contributed by atoms with Gasteiger partial charge in [-0.05, 0) is 78.9 Å². The molecule has 176 valence electrons. The van der Waals surface area contributed by atoms with E-state index in [-0.39, 0.29) is 22.3 Å². The number of aryl methyl sites for hydroxylation is 1. The van der Waals surface area contributed by atoms with Gasteiger partial charge in [0.25, 0.3) is 0 Å². The summed E-state index contributed by atoms with van der Waals surface area (Å²) in [4.78, 5) is 12.0. The summed E-state index contributed by atoms with van der Waals surface area (Å²) in [6.45, 7) is 5.72. The zero-order valence-electron chi connectivity index (χ0n) is 19.2. The maximum Gasteiger partial charge on any atom is 0.336 e. The Morgan fingerprint density at radius 3 is 2.21 bits per heavy atom. The highest BCUT2D eigenvalue weighted by Gasteiger charge is 2.17. The van der Waals surface area contributed by atoms with Crippen molar-refractivity contribution in [1.29, 1.82) is 0 Å². The number of carbonyl (C=O) groups is 1. The van der Waals surface area contributed by atoms with E-state index >= 15 is 4.39 Å². The van der Waals surface area contributed by atoms with Crippen LogP contribution in [-0.4, -0.2) is 17.7 Å². The third-order valence-electron chi connectivity index (χ3n) is 5.29. The molecule has 0 aliphatic rings. The predicted octanol–water partition coefficient (Wildman–Crippen LogP) is 7.44. The first-order valence-corrected chi connectivity index (χ1v) is 10.9. The fraction of sp³-hybridized carbons (Fsp3) is 0.179. The molecule has 3 rings (SSSR count). The summed E-state index contributed by atoms with van der Waals surface area (Å²) in [6.07, 6.45) is 3.71. The molecule has 0 aromatic heterocycles. The van der Waals surface area contributed by atoms with E-state index in [2.05, 4.69) is 0 Å². The van der Waals surface area contributed by atoms with Crippen molar-refractivity contribution in [2.24, 2.45) is 0 Å². The van der Waals surface area contributed by atoms with Crippen LogP contribution in [0.2, 0.25) is 0 Å². The summed E-state index contributed by atoms with van der Waals surface area (Å²) >= 11 is 0. The molecule has 1 N–H and O–H groups in total. The van der Waals surface area contributed by atoms with Crippen LogP contribution in [0.4, 0.5) is 13.2 Å². The van der Waals surface area contributed by atoms with E-state index in [4.69, 9.17) is 4.74 Å². The van der Waals surface area contributed by atoms with Crippen LogP contribution in [0.15, 0.2) is 66.7 Å². The van der Waals surface area contributed by atoms with E-state index in [1.165, 1.54) is 42.5 Å². The fourth-order valence-corrected chi connectivity index (χ4v) is 3.66. The lowest BCUT2D eigenvalue weighted by Gasteiger charge is -2.12. The van der Waals surface area contributed by atoms with Crippen LogP contribution in [0.3, 0.4) is 0 Å². The number of allylic oxidation sites excluding steroid dienone is 3. The van der Waals surface area contributed by atoms with Gasteiger partial charge in [-0.15, -0.1) is 0 Å². The number of carboxylic acids is 1. The molecule has 0 atom stereocenters. The second-order valence-electron chi connectivity index (χ2n) is 7.66. The Morgan fingerprint density at radius 2 is 1.62 bits per heavy atom. The van der Waals surface area contributed by atoms with E-state index in [0.717, 1.165) is 6.07 Å². The minimum absolute atomic E-state index is 0.0727. The molecular formula is C28H25F3O3. The number of carboxylic acid groups (broad SMARTS) is 1. The molecule has 0 aliphatic heterocycles. The second kappa shape index (κ2) is 10.9. The molecule has 34 heavy (non-hydrogen) atoms. The van der Waals surface area contributed by atoms with Crippen LogP contribution in [0.1, 0.15) is 37.0 Å². The molecule has 3 aromatic rings. The number of ether oxygens (including phenoxy) is 1.